The molecule has 0 saturated carbocycles. The van der Waals surface area contributed by atoms with Crippen molar-refractivity contribution in [2.45, 2.75) is 26.7 Å². The summed E-state index contributed by atoms with van der Waals surface area (Å²) in [7, 11) is 3.07. The van der Waals surface area contributed by atoms with Crippen LogP contribution in [0, 0.1) is 5.92 Å². The summed E-state index contributed by atoms with van der Waals surface area (Å²) in [5, 5.41) is 5.88. The number of amides is 2. The number of anilines is 2. The number of methoxy groups -OCH3 is 2. The average Bonchev–Trinajstić information content (AvgIpc) is 3.31. The highest BCUT2D eigenvalue weighted by atomic mass is 16.5. The summed E-state index contributed by atoms with van der Waals surface area (Å²) in [6.07, 6.45) is 2.23. The van der Waals surface area contributed by atoms with Crippen molar-refractivity contribution >= 4 is 23.2 Å². The number of rotatable bonds is 8. The van der Waals surface area contributed by atoms with Crippen LogP contribution in [0.5, 0.6) is 11.5 Å². The van der Waals surface area contributed by atoms with Gasteiger partial charge in [-0.25, -0.2) is 0 Å². The van der Waals surface area contributed by atoms with Crippen LogP contribution in [0.2, 0.25) is 0 Å². The van der Waals surface area contributed by atoms with Crippen molar-refractivity contribution < 1.29 is 19.1 Å². The molecular formula is C24H31N3O4. The molecule has 0 atom stereocenters. The molecule has 2 aromatic carbocycles. The molecule has 0 aromatic heterocycles. The number of hydrogen-bond donors (Lipinski definition) is 2. The fourth-order valence-corrected chi connectivity index (χ4v) is 3.61. The normalized spacial score (nSPS) is 13.3. The highest BCUT2D eigenvalue weighted by Crippen LogP contribution is 2.29. The standard InChI is InChI=1S/C24H31N3O4/c1-16(2)15-25-23(28)20-13-17(7-10-21(20)27-11-5-6-12-27)26-24(29)19-9-8-18(30-3)14-22(19)31-4/h7-10,13-14,16H,5-6,11-12,15H2,1-4H3,(H,25,28)(H,26,29). The molecule has 7 nitrogen and oxygen atoms in total. The zero-order valence-electron chi connectivity index (χ0n) is 18.7. The minimum Gasteiger partial charge on any atom is -0.497 e. The predicted molar refractivity (Wildman–Crippen MR) is 123 cm³/mol. The Hall–Kier alpha value is -3.22. The van der Waals surface area contributed by atoms with Crippen LogP contribution in [-0.2, 0) is 0 Å². The second kappa shape index (κ2) is 10.2. The van der Waals surface area contributed by atoms with Gasteiger partial charge in [0.05, 0.1) is 25.3 Å². The van der Waals surface area contributed by atoms with Gasteiger partial charge in [0.1, 0.15) is 11.5 Å². The Morgan fingerprint density at radius 1 is 0.968 bits per heavy atom. The smallest absolute Gasteiger partial charge is 0.259 e. The molecule has 0 spiro atoms. The van der Waals surface area contributed by atoms with E-state index in [0.717, 1.165) is 31.6 Å². The van der Waals surface area contributed by atoms with Crippen LogP contribution in [0.15, 0.2) is 36.4 Å². The Labute approximate surface area is 183 Å². The third kappa shape index (κ3) is 5.48. The molecule has 31 heavy (non-hydrogen) atoms. The minimum absolute atomic E-state index is 0.131. The van der Waals surface area contributed by atoms with E-state index >= 15 is 0 Å². The topological polar surface area (TPSA) is 79.9 Å². The van der Waals surface area contributed by atoms with Crippen LogP contribution in [0.1, 0.15) is 47.4 Å². The molecular weight excluding hydrogens is 394 g/mol. The zero-order valence-corrected chi connectivity index (χ0v) is 18.7. The number of carbonyl (C=O) groups excluding carboxylic acids is 2. The van der Waals surface area contributed by atoms with Crippen molar-refractivity contribution in [1.82, 2.24) is 5.32 Å². The van der Waals surface area contributed by atoms with E-state index in [1.165, 1.54) is 7.11 Å². The van der Waals surface area contributed by atoms with Gasteiger partial charge in [-0.05, 0) is 49.1 Å². The SMILES string of the molecule is COc1ccc(C(=O)Nc2ccc(N3CCCC3)c(C(=O)NCC(C)C)c2)c(OC)c1. The predicted octanol–water partition coefficient (Wildman–Crippen LogP) is 3.94. The Morgan fingerprint density at radius 2 is 1.71 bits per heavy atom. The molecule has 1 fully saturated rings. The van der Waals surface area contributed by atoms with Crippen molar-refractivity contribution in [3.8, 4) is 11.5 Å². The molecule has 0 aliphatic carbocycles. The molecule has 7 heteroatoms. The lowest BCUT2D eigenvalue weighted by molar-refractivity contribution is 0.0948. The van der Waals surface area contributed by atoms with Gasteiger partial charge >= 0.3 is 0 Å². The summed E-state index contributed by atoms with van der Waals surface area (Å²) < 4.78 is 10.5. The maximum Gasteiger partial charge on any atom is 0.259 e. The van der Waals surface area contributed by atoms with Gasteiger partial charge in [0, 0.05) is 37.1 Å². The fraction of sp³-hybridized carbons (Fsp3) is 0.417. The third-order valence-electron chi connectivity index (χ3n) is 5.27. The van der Waals surface area contributed by atoms with Crippen molar-refractivity contribution in [3.63, 3.8) is 0 Å². The molecule has 1 aliphatic rings. The van der Waals surface area contributed by atoms with Crippen molar-refractivity contribution in [3.05, 3.63) is 47.5 Å². The first kappa shape index (κ1) is 22.5. The van der Waals surface area contributed by atoms with Crippen molar-refractivity contribution in [2.24, 2.45) is 5.92 Å². The quantitative estimate of drug-likeness (QED) is 0.670. The molecule has 0 radical (unpaired) electrons. The monoisotopic (exact) mass is 425 g/mol. The van der Waals surface area contributed by atoms with Crippen LogP contribution in [0.3, 0.4) is 0 Å². The number of nitrogens with one attached hydrogen (secondary N) is 2. The van der Waals surface area contributed by atoms with Crippen LogP contribution < -0.4 is 25.0 Å². The molecule has 2 N–H and O–H groups in total. The first-order chi connectivity index (χ1) is 14.9. The lowest BCUT2D eigenvalue weighted by atomic mass is 10.1. The molecule has 0 bridgehead atoms. The van der Waals surface area contributed by atoms with Gasteiger partial charge < -0.3 is 25.0 Å². The molecule has 1 aliphatic heterocycles. The number of benzene rings is 2. The lowest BCUT2D eigenvalue weighted by Crippen LogP contribution is -2.30. The van der Waals surface area contributed by atoms with Crippen LogP contribution in [0.4, 0.5) is 11.4 Å². The van der Waals surface area contributed by atoms with Gasteiger partial charge in [0.2, 0.25) is 0 Å². The second-order valence-corrected chi connectivity index (χ2v) is 8.05. The summed E-state index contributed by atoms with van der Waals surface area (Å²) in [5.74, 6) is 0.924. The highest BCUT2D eigenvalue weighted by molar-refractivity contribution is 6.08. The Balaban J connectivity index is 1.86. The number of hydrogen-bond acceptors (Lipinski definition) is 5. The lowest BCUT2D eigenvalue weighted by Gasteiger charge is -2.22. The van der Waals surface area contributed by atoms with E-state index < -0.39 is 0 Å². The summed E-state index contributed by atoms with van der Waals surface area (Å²) >= 11 is 0. The maximum absolute atomic E-state index is 12.9. The van der Waals surface area contributed by atoms with Crippen molar-refractivity contribution in [2.75, 3.05) is 44.1 Å². The van der Waals surface area contributed by atoms with Gasteiger partial charge in [-0.1, -0.05) is 13.8 Å². The number of ether oxygens (including phenoxy) is 2. The Morgan fingerprint density at radius 3 is 2.35 bits per heavy atom. The van der Waals surface area contributed by atoms with E-state index in [0.29, 0.717) is 40.8 Å². The van der Waals surface area contributed by atoms with Gasteiger partial charge in [-0.3, -0.25) is 9.59 Å². The van der Waals surface area contributed by atoms with Crippen LogP contribution in [0.25, 0.3) is 0 Å². The van der Waals surface area contributed by atoms with Gasteiger partial charge in [-0.2, -0.15) is 0 Å². The molecule has 0 unspecified atom stereocenters. The largest absolute Gasteiger partial charge is 0.497 e. The second-order valence-electron chi connectivity index (χ2n) is 8.05. The Kier molecular flexibility index (Phi) is 7.39. The van der Waals surface area contributed by atoms with E-state index in [-0.39, 0.29) is 11.8 Å². The first-order valence-electron chi connectivity index (χ1n) is 10.6. The summed E-state index contributed by atoms with van der Waals surface area (Å²) in [6.45, 7) is 6.57. The molecule has 2 aromatic rings. The first-order valence-corrected chi connectivity index (χ1v) is 10.6. The third-order valence-corrected chi connectivity index (χ3v) is 5.27. The minimum atomic E-state index is -0.318. The molecule has 2 amide bonds. The zero-order chi connectivity index (χ0) is 22.4. The van der Waals surface area contributed by atoms with E-state index in [9.17, 15) is 9.59 Å². The van der Waals surface area contributed by atoms with Crippen LogP contribution >= 0.6 is 0 Å². The van der Waals surface area contributed by atoms with Gasteiger partial charge in [0.25, 0.3) is 11.8 Å². The van der Waals surface area contributed by atoms with E-state index in [1.807, 2.05) is 12.1 Å². The van der Waals surface area contributed by atoms with E-state index in [4.69, 9.17) is 9.47 Å². The average molecular weight is 426 g/mol. The molecule has 3 rings (SSSR count). The molecule has 166 valence electrons. The van der Waals surface area contributed by atoms with Crippen molar-refractivity contribution in [1.29, 1.82) is 0 Å². The molecule has 1 heterocycles. The fourth-order valence-electron chi connectivity index (χ4n) is 3.61. The summed E-state index contributed by atoms with van der Waals surface area (Å²) in [6, 6.07) is 10.5. The van der Waals surface area contributed by atoms with E-state index in [1.54, 1.807) is 31.4 Å². The molecule has 1 saturated heterocycles. The summed E-state index contributed by atoms with van der Waals surface area (Å²) in [4.78, 5) is 28.0. The van der Waals surface area contributed by atoms with Gasteiger partial charge in [0.15, 0.2) is 0 Å². The highest BCUT2D eigenvalue weighted by Gasteiger charge is 2.21. The number of carbonyl (C=O) groups is 2. The van der Waals surface area contributed by atoms with Gasteiger partial charge in [-0.15, -0.1) is 0 Å². The van der Waals surface area contributed by atoms with Crippen LogP contribution in [-0.4, -0.2) is 45.7 Å². The maximum atomic E-state index is 12.9. The Bertz CT molecular complexity index is 936. The summed E-state index contributed by atoms with van der Waals surface area (Å²) in [5.41, 5.74) is 2.42. The number of nitrogens with zero attached hydrogens (tertiary/aromatic N) is 1. The van der Waals surface area contributed by atoms with E-state index in [2.05, 4.69) is 29.4 Å².